The molecule has 1 atom stereocenters. The molecule has 0 aliphatic carbocycles. The van der Waals surface area contributed by atoms with Crippen LogP contribution in [0.3, 0.4) is 0 Å². The Morgan fingerprint density at radius 1 is 1.29 bits per heavy atom. The van der Waals surface area contributed by atoms with E-state index in [1.807, 2.05) is 31.9 Å². The Morgan fingerprint density at radius 2 is 2.00 bits per heavy atom. The summed E-state index contributed by atoms with van der Waals surface area (Å²) >= 11 is 3.52. The quantitative estimate of drug-likeness (QED) is 0.767. The number of amides is 1. The van der Waals surface area contributed by atoms with Gasteiger partial charge >= 0.3 is 6.09 Å². The highest BCUT2D eigenvalue weighted by molar-refractivity contribution is 9.10. The second-order valence-electron chi connectivity index (χ2n) is 7.85. The zero-order chi connectivity index (χ0) is 17.5. The summed E-state index contributed by atoms with van der Waals surface area (Å²) in [6.07, 6.45) is 3.87. The van der Waals surface area contributed by atoms with E-state index >= 15 is 0 Å². The first-order valence-corrected chi connectivity index (χ1v) is 9.45. The van der Waals surface area contributed by atoms with Gasteiger partial charge in [0.05, 0.1) is 16.7 Å². The smallest absolute Gasteiger partial charge is 0.410 e. The van der Waals surface area contributed by atoms with E-state index in [2.05, 4.69) is 37.5 Å². The van der Waals surface area contributed by atoms with Gasteiger partial charge in [0.15, 0.2) is 0 Å². The predicted molar refractivity (Wildman–Crippen MR) is 96.1 cm³/mol. The molecule has 2 aliphatic rings. The first-order chi connectivity index (χ1) is 11.2. The van der Waals surface area contributed by atoms with Crippen LogP contribution in [0.1, 0.15) is 45.3 Å². The minimum atomic E-state index is -0.434. The summed E-state index contributed by atoms with van der Waals surface area (Å²) in [7, 11) is 0. The van der Waals surface area contributed by atoms with Gasteiger partial charge in [-0.1, -0.05) is 0 Å². The summed E-state index contributed by atoms with van der Waals surface area (Å²) in [5.74, 6) is 0. The highest BCUT2D eigenvalue weighted by Gasteiger charge is 2.38. The van der Waals surface area contributed by atoms with Crippen LogP contribution in [0.15, 0.2) is 10.7 Å². The van der Waals surface area contributed by atoms with Gasteiger partial charge < -0.3 is 9.64 Å². The number of aromatic nitrogens is 2. The second-order valence-corrected chi connectivity index (χ2v) is 8.71. The number of hydrogen-bond donors (Lipinski definition) is 0. The molecule has 1 unspecified atom stereocenters. The zero-order valence-corrected chi connectivity index (χ0v) is 16.5. The van der Waals surface area contributed by atoms with E-state index in [0.29, 0.717) is 12.1 Å². The lowest BCUT2D eigenvalue weighted by Gasteiger charge is -2.47. The van der Waals surface area contributed by atoms with Gasteiger partial charge in [0.1, 0.15) is 5.60 Å². The van der Waals surface area contributed by atoms with Crippen molar-refractivity contribution < 1.29 is 9.53 Å². The lowest BCUT2D eigenvalue weighted by molar-refractivity contribution is -0.00910. The van der Waals surface area contributed by atoms with Crippen molar-refractivity contribution in [3.05, 3.63) is 16.4 Å². The van der Waals surface area contributed by atoms with Gasteiger partial charge in [-0.15, -0.1) is 0 Å². The van der Waals surface area contributed by atoms with Crippen molar-refractivity contribution in [2.75, 3.05) is 26.2 Å². The fourth-order valence-corrected chi connectivity index (χ4v) is 3.73. The van der Waals surface area contributed by atoms with Crippen LogP contribution in [0.2, 0.25) is 0 Å². The predicted octanol–water partition coefficient (Wildman–Crippen LogP) is 3.21. The average Bonchev–Trinajstić information content (AvgIpc) is 2.77. The van der Waals surface area contributed by atoms with Crippen LogP contribution >= 0.6 is 15.9 Å². The van der Waals surface area contributed by atoms with Gasteiger partial charge in [0.25, 0.3) is 0 Å². The third-order valence-corrected chi connectivity index (χ3v) is 5.56. The van der Waals surface area contributed by atoms with E-state index in [4.69, 9.17) is 4.74 Å². The molecule has 134 valence electrons. The van der Waals surface area contributed by atoms with Crippen molar-refractivity contribution in [2.24, 2.45) is 0 Å². The van der Waals surface area contributed by atoms with Crippen LogP contribution in [0, 0.1) is 6.92 Å². The second kappa shape index (κ2) is 6.67. The normalized spacial score (nSPS) is 23.2. The van der Waals surface area contributed by atoms with Crippen molar-refractivity contribution in [2.45, 2.75) is 58.2 Å². The number of rotatable bonds is 2. The van der Waals surface area contributed by atoms with Gasteiger partial charge in [-0.25, -0.2) is 4.79 Å². The number of carbonyl (C=O) groups excluding carboxylic acids is 1. The van der Waals surface area contributed by atoms with Crippen LogP contribution in [0.4, 0.5) is 4.79 Å². The van der Waals surface area contributed by atoms with E-state index < -0.39 is 5.60 Å². The molecule has 0 bridgehead atoms. The van der Waals surface area contributed by atoms with Crippen molar-refractivity contribution in [3.8, 4) is 0 Å². The largest absolute Gasteiger partial charge is 0.444 e. The van der Waals surface area contributed by atoms with Crippen molar-refractivity contribution in [3.63, 3.8) is 0 Å². The summed E-state index contributed by atoms with van der Waals surface area (Å²) in [5, 5.41) is 4.46. The van der Waals surface area contributed by atoms with Gasteiger partial charge in [-0.05, 0) is 56.5 Å². The molecule has 0 aromatic carbocycles. The number of ether oxygens (including phenoxy) is 1. The van der Waals surface area contributed by atoms with Crippen LogP contribution in [-0.2, 0) is 4.74 Å². The number of hydrogen-bond acceptors (Lipinski definition) is 4. The van der Waals surface area contributed by atoms with E-state index in [1.165, 1.54) is 5.69 Å². The van der Waals surface area contributed by atoms with Crippen LogP contribution in [-0.4, -0.2) is 63.5 Å². The van der Waals surface area contributed by atoms with Crippen molar-refractivity contribution in [1.29, 1.82) is 0 Å². The molecule has 3 rings (SSSR count). The first-order valence-electron chi connectivity index (χ1n) is 8.66. The lowest BCUT2D eigenvalue weighted by Crippen LogP contribution is -2.58. The van der Waals surface area contributed by atoms with Crippen molar-refractivity contribution in [1.82, 2.24) is 19.6 Å². The maximum atomic E-state index is 12.3. The molecule has 0 radical (unpaired) electrons. The molecule has 0 N–H and O–H groups in total. The number of piperidine rings is 1. The molecule has 2 fully saturated rings. The van der Waals surface area contributed by atoms with Gasteiger partial charge in [0.2, 0.25) is 0 Å². The Kier molecular flexibility index (Phi) is 4.93. The maximum absolute atomic E-state index is 12.3. The van der Waals surface area contributed by atoms with E-state index in [9.17, 15) is 4.79 Å². The van der Waals surface area contributed by atoms with Gasteiger partial charge in [-0.3, -0.25) is 9.58 Å². The molecule has 7 heteroatoms. The number of nitrogens with zero attached hydrogens (tertiary/aromatic N) is 4. The Morgan fingerprint density at radius 3 is 2.58 bits per heavy atom. The SMILES string of the molecule is Cc1c(Br)cnn1C1CN(C2CCCN(C(=O)OC(C)(C)C)C2)C1. The van der Waals surface area contributed by atoms with Crippen LogP contribution < -0.4 is 0 Å². The van der Waals surface area contributed by atoms with Crippen LogP contribution in [0.5, 0.6) is 0 Å². The van der Waals surface area contributed by atoms with Gasteiger partial charge in [0, 0.05) is 37.9 Å². The fraction of sp³-hybridized carbons (Fsp3) is 0.765. The molecular formula is C17H27BrN4O2. The monoisotopic (exact) mass is 398 g/mol. The number of carbonyl (C=O) groups is 1. The minimum Gasteiger partial charge on any atom is -0.444 e. The average molecular weight is 399 g/mol. The molecule has 2 aliphatic heterocycles. The molecule has 3 heterocycles. The summed E-state index contributed by atoms with van der Waals surface area (Å²) in [4.78, 5) is 16.6. The Labute approximate surface area is 152 Å². The molecule has 6 nitrogen and oxygen atoms in total. The Hall–Kier alpha value is -1.08. The molecular weight excluding hydrogens is 372 g/mol. The first kappa shape index (κ1) is 17.7. The third-order valence-electron chi connectivity index (χ3n) is 4.79. The van der Waals surface area contributed by atoms with Crippen LogP contribution in [0.25, 0.3) is 0 Å². The van der Waals surface area contributed by atoms with Crippen molar-refractivity contribution >= 4 is 22.0 Å². The summed E-state index contributed by atoms with van der Waals surface area (Å²) in [6, 6.07) is 0.870. The molecule has 0 spiro atoms. The third kappa shape index (κ3) is 3.77. The molecule has 2 saturated heterocycles. The number of likely N-dealkylation sites (tertiary alicyclic amines) is 2. The van der Waals surface area contributed by atoms with E-state index in [0.717, 1.165) is 43.5 Å². The van der Waals surface area contributed by atoms with E-state index in [1.54, 1.807) is 0 Å². The zero-order valence-electron chi connectivity index (χ0n) is 15.0. The van der Waals surface area contributed by atoms with Gasteiger partial charge in [-0.2, -0.15) is 5.10 Å². The highest BCUT2D eigenvalue weighted by atomic mass is 79.9. The summed E-state index contributed by atoms with van der Waals surface area (Å²) < 4.78 is 8.69. The molecule has 0 saturated carbocycles. The summed E-state index contributed by atoms with van der Waals surface area (Å²) in [6.45, 7) is 11.4. The Bertz CT molecular complexity index is 604. The van der Waals surface area contributed by atoms with E-state index in [-0.39, 0.29) is 6.09 Å². The summed E-state index contributed by atoms with van der Waals surface area (Å²) in [5.41, 5.74) is 0.746. The lowest BCUT2D eigenvalue weighted by atomic mass is 9.98. The Balaban J connectivity index is 1.53. The molecule has 1 aromatic rings. The fourth-order valence-electron chi connectivity index (χ4n) is 3.46. The maximum Gasteiger partial charge on any atom is 0.410 e. The highest BCUT2D eigenvalue weighted by Crippen LogP contribution is 2.30. The molecule has 1 aromatic heterocycles. The molecule has 24 heavy (non-hydrogen) atoms. The minimum absolute atomic E-state index is 0.184. The topological polar surface area (TPSA) is 50.6 Å². The molecule has 1 amide bonds. The standard InChI is InChI=1S/C17H27BrN4O2/c1-12-15(18)8-19-22(12)14-10-21(11-14)13-6-5-7-20(9-13)16(23)24-17(2,3)4/h8,13-14H,5-7,9-11H2,1-4H3. The number of halogens is 1.